The molecule has 0 nitrogen and oxygen atoms in total. The maximum absolute atomic E-state index is 12.2. The third kappa shape index (κ3) is 2.79. The number of hydrogen-bond donors (Lipinski definition) is 1. The second kappa shape index (κ2) is 4.84. The molecule has 0 radical (unpaired) electrons. The van der Waals surface area contributed by atoms with E-state index in [9.17, 15) is 4.39 Å². The Bertz CT molecular complexity index is 185. The fourth-order valence-electron chi connectivity index (χ4n) is 0.590. The second-order valence-corrected chi connectivity index (χ2v) is 2.10. The minimum absolute atomic E-state index is 0. The van der Waals surface area contributed by atoms with Gasteiger partial charge in [-0.3, -0.25) is 0 Å². The molecule has 0 aliphatic heterocycles. The molecule has 0 amide bonds. The van der Waals surface area contributed by atoms with Crippen molar-refractivity contribution in [2.75, 3.05) is 0 Å². The van der Waals surface area contributed by atoms with Gasteiger partial charge in [0.2, 0.25) is 0 Å². The molecule has 50 valence electrons. The molecule has 0 fully saturated rings. The van der Waals surface area contributed by atoms with E-state index >= 15 is 0 Å². The van der Waals surface area contributed by atoms with Gasteiger partial charge < -0.3 is 0 Å². The number of rotatable bonds is 1. The molecule has 1 aromatic carbocycles. The van der Waals surface area contributed by atoms with Crippen LogP contribution >= 0.6 is 12.6 Å². The van der Waals surface area contributed by atoms with Gasteiger partial charge in [0.25, 0.3) is 0 Å². The van der Waals surface area contributed by atoms with Gasteiger partial charge in [0.05, 0.1) is 0 Å². The summed E-state index contributed by atoms with van der Waals surface area (Å²) in [5.41, 5.74) is 1.04. The average molecular weight is 150 g/mol. The van der Waals surface area contributed by atoms with E-state index in [1.807, 2.05) is 0 Å². The van der Waals surface area contributed by atoms with E-state index in [-0.39, 0.29) is 24.7 Å². The summed E-state index contributed by atoms with van der Waals surface area (Å²) >= 11 is 4.02. The van der Waals surface area contributed by atoms with Crippen LogP contribution in [0.5, 0.6) is 0 Å². The van der Waals surface area contributed by atoms with Crippen molar-refractivity contribution in [1.29, 1.82) is 0 Å². The van der Waals surface area contributed by atoms with Crippen LogP contribution in [0.3, 0.4) is 0 Å². The number of thiol groups is 1. The zero-order valence-corrected chi connectivity index (χ0v) is 5.74. The Balaban J connectivity index is 0.000000810. The van der Waals surface area contributed by atoms with E-state index < -0.39 is 0 Å². The topological polar surface area (TPSA) is 0 Å². The van der Waals surface area contributed by atoms with Gasteiger partial charge in [-0.15, -0.1) is 0 Å². The van der Waals surface area contributed by atoms with Gasteiger partial charge in [-0.25, -0.2) is 4.39 Å². The predicted octanol–water partition coefficient (Wildman–Crippen LogP) is 1.61. The van der Waals surface area contributed by atoms with Crippen molar-refractivity contribution in [3.63, 3.8) is 0 Å². The van der Waals surface area contributed by atoms with Crippen LogP contribution in [0.25, 0.3) is 0 Å². The van der Waals surface area contributed by atoms with Crippen molar-refractivity contribution in [2.24, 2.45) is 0 Å². The van der Waals surface area contributed by atoms with E-state index in [4.69, 9.17) is 0 Å². The standard InChI is InChI=1S/C7H7FS.Li.H/c8-7-3-1-6(5-9)2-4-7;;/h1-4,9H,5H2;;. The maximum atomic E-state index is 12.2. The van der Waals surface area contributed by atoms with Crippen molar-refractivity contribution in [3.05, 3.63) is 35.6 Å². The van der Waals surface area contributed by atoms with E-state index in [0.717, 1.165) is 5.56 Å². The quantitative estimate of drug-likeness (QED) is 0.456. The second-order valence-electron chi connectivity index (χ2n) is 1.78. The van der Waals surface area contributed by atoms with Crippen molar-refractivity contribution in [3.8, 4) is 0 Å². The molecule has 0 saturated heterocycles. The van der Waals surface area contributed by atoms with E-state index in [2.05, 4.69) is 12.6 Å². The summed E-state index contributed by atoms with van der Waals surface area (Å²) in [4.78, 5) is 0. The summed E-state index contributed by atoms with van der Waals surface area (Å²) in [6.45, 7) is 0. The first kappa shape index (κ1) is 10.1. The zero-order chi connectivity index (χ0) is 6.69. The predicted molar refractivity (Wildman–Crippen MR) is 46.2 cm³/mol. The summed E-state index contributed by atoms with van der Waals surface area (Å²) in [7, 11) is 0. The van der Waals surface area contributed by atoms with Crippen molar-refractivity contribution >= 4 is 31.5 Å². The van der Waals surface area contributed by atoms with Crippen LogP contribution in [0.4, 0.5) is 4.39 Å². The summed E-state index contributed by atoms with van der Waals surface area (Å²) < 4.78 is 12.2. The number of halogens is 1. The van der Waals surface area contributed by atoms with Gasteiger partial charge in [0.15, 0.2) is 0 Å². The van der Waals surface area contributed by atoms with Crippen LogP contribution in [0.1, 0.15) is 5.56 Å². The molecule has 0 bridgehead atoms. The van der Waals surface area contributed by atoms with E-state index in [1.54, 1.807) is 12.1 Å². The fraction of sp³-hybridized carbons (Fsp3) is 0.143. The summed E-state index contributed by atoms with van der Waals surface area (Å²) in [5, 5.41) is 0. The Hall–Kier alpha value is 0.0974. The molecule has 0 aromatic heterocycles. The van der Waals surface area contributed by atoms with Crippen LogP contribution in [-0.4, -0.2) is 18.9 Å². The Morgan fingerprint density at radius 1 is 1.20 bits per heavy atom. The van der Waals surface area contributed by atoms with Gasteiger partial charge in [0, 0.05) is 5.75 Å². The molecule has 0 aliphatic rings. The first-order valence-corrected chi connectivity index (χ1v) is 3.31. The zero-order valence-electron chi connectivity index (χ0n) is 4.84. The van der Waals surface area contributed by atoms with Gasteiger partial charge in [-0.05, 0) is 17.7 Å². The number of benzene rings is 1. The van der Waals surface area contributed by atoms with Crippen molar-refractivity contribution in [2.45, 2.75) is 5.75 Å². The molecule has 10 heavy (non-hydrogen) atoms. The van der Waals surface area contributed by atoms with Crippen LogP contribution in [0.2, 0.25) is 0 Å². The fourth-order valence-corrected chi connectivity index (χ4v) is 0.801. The molecular weight excluding hydrogens is 142 g/mol. The van der Waals surface area contributed by atoms with Gasteiger partial charge in [-0.1, -0.05) is 12.1 Å². The first-order valence-electron chi connectivity index (χ1n) is 2.68. The molecule has 1 aromatic rings. The van der Waals surface area contributed by atoms with Crippen LogP contribution in [0, 0.1) is 5.82 Å². The molecule has 0 N–H and O–H groups in total. The summed E-state index contributed by atoms with van der Waals surface area (Å²) in [5.74, 6) is 0.473. The molecule has 3 heteroatoms. The Morgan fingerprint density at radius 2 is 1.70 bits per heavy atom. The molecule has 0 atom stereocenters. The molecule has 1 rings (SSSR count). The monoisotopic (exact) mass is 150 g/mol. The molecular formula is C7H8FLiS. The number of hydrogen-bond acceptors (Lipinski definition) is 1. The third-order valence-corrected chi connectivity index (χ3v) is 1.46. The van der Waals surface area contributed by atoms with Crippen LogP contribution in [0.15, 0.2) is 24.3 Å². The van der Waals surface area contributed by atoms with Gasteiger partial charge in [-0.2, -0.15) is 12.6 Å². The minimum atomic E-state index is -0.194. The van der Waals surface area contributed by atoms with Gasteiger partial charge in [0.1, 0.15) is 5.82 Å². The van der Waals surface area contributed by atoms with Crippen molar-refractivity contribution in [1.82, 2.24) is 0 Å². The third-order valence-electron chi connectivity index (χ3n) is 1.10. The van der Waals surface area contributed by atoms with Crippen LogP contribution in [-0.2, 0) is 5.75 Å². The SMILES string of the molecule is Fc1ccc(CS)cc1.[LiH]. The van der Waals surface area contributed by atoms with Crippen LogP contribution < -0.4 is 0 Å². The Kier molecular flexibility index (Phi) is 4.89. The van der Waals surface area contributed by atoms with E-state index in [1.165, 1.54) is 12.1 Å². The molecule has 0 unspecified atom stereocenters. The van der Waals surface area contributed by atoms with E-state index in [0.29, 0.717) is 5.75 Å². The first-order chi connectivity index (χ1) is 4.33. The molecule has 0 aliphatic carbocycles. The average Bonchev–Trinajstić information content (AvgIpc) is 1.90. The Labute approximate surface area is 77.4 Å². The summed E-state index contributed by atoms with van der Waals surface area (Å²) in [6.07, 6.45) is 0. The molecule has 0 spiro atoms. The molecule has 0 saturated carbocycles. The van der Waals surface area contributed by atoms with Crippen molar-refractivity contribution < 1.29 is 4.39 Å². The normalized spacial score (nSPS) is 8.60. The molecule has 0 heterocycles. The summed E-state index contributed by atoms with van der Waals surface area (Å²) in [6, 6.07) is 6.32. The van der Waals surface area contributed by atoms with Gasteiger partial charge >= 0.3 is 18.9 Å². The Morgan fingerprint density at radius 3 is 2.10 bits per heavy atom.